The summed E-state index contributed by atoms with van der Waals surface area (Å²) in [4.78, 5) is 2.30. The van der Waals surface area contributed by atoms with Crippen LogP contribution in [0.4, 0.5) is 4.39 Å². The highest BCUT2D eigenvalue weighted by Gasteiger charge is 2.20. The van der Waals surface area contributed by atoms with Gasteiger partial charge in [-0.2, -0.15) is 0 Å². The first-order valence-corrected chi connectivity index (χ1v) is 7.12. The number of nitrogens with zero attached hydrogens (tertiary/aromatic N) is 1. The fraction of sp³-hybridized carbons (Fsp3) is 0.600. The molecule has 1 aromatic rings. The molecule has 1 saturated heterocycles. The zero-order valence-corrected chi connectivity index (χ0v) is 12.1. The Morgan fingerprint density at radius 3 is 3.00 bits per heavy atom. The molecule has 0 aromatic heterocycles. The minimum Gasteiger partial charge on any atom is -0.488 e. The summed E-state index contributed by atoms with van der Waals surface area (Å²) in [5.41, 5.74) is 6.49. The molecule has 0 saturated carbocycles. The SMILES string of the molecule is CCN1CCOC(COc2ccc(C(C)N)cc2F)C1. The van der Waals surface area contributed by atoms with Gasteiger partial charge >= 0.3 is 0 Å². The quantitative estimate of drug-likeness (QED) is 0.896. The van der Waals surface area contributed by atoms with Crippen LogP contribution in [0.25, 0.3) is 0 Å². The summed E-state index contributed by atoms with van der Waals surface area (Å²) in [5, 5.41) is 0. The summed E-state index contributed by atoms with van der Waals surface area (Å²) in [6.45, 7) is 7.79. The molecule has 2 atom stereocenters. The van der Waals surface area contributed by atoms with Crippen molar-refractivity contribution >= 4 is 0 Å². The van der Waals surface area contributed by atoms with Crippen LogP contribution in [0, 0.1) is 5.82 Å². The molecule has 1 fully saturated rings. The monoisotopic (exact) mass is 282 g/mol. The lowest BCUT2D eigenvalue weighted by molar-refractivity contribution is -0.0468. The minimum atomic E-state index is -0.372. The molecule has 1 aliphatic heterocycles. The highest BCUT2D eigenvalue weighted by molar-refractivity contribution is 5.30. The molecule has 0 bridgehead atoms. The van der Waals surface area contributed by atoms with Crippen LogP contribution in [-0.4, -0.2) is 43.9 Å². The van der Waals surface area contributed by atoms with Crippen molar-refractivity contribution in [2.75, 3.05) is 32.8 Å². The van der Waals surface area contributed by atoms with Gasteiger partial charge in [0.1, 0.15) is 12.7 Å². The van der Waals surface area contributed by atoms with Crippen LogP contribution in [-0.2, 0) is 4.74 Å². The molecule has 0 spiro atoms. The number of benzene rings is 1. The van der Waals surface area contributed by atoms with Gasteiger partial charge < -0.3 is 15.2 Å². The van der Waals surface area contributed by atoms with Crippen molar-refractivity contribution in [3.8, 4) is 5.75 Å². The predicted octanol–water partition coefficient (Wildman–Crippen LogP) is 1.94. The van der Waals surface area contributed by atoms with E-state index in [0.717, 1.165) is 25.2 Å². The summed E-state index contributed by atoms with van der Waals surface area (Å²) in [6, 6.07) is 4.68. The molecular weight excluding hydrogens is 259 g/mol. The standard InChI is InChI=1S/C15H23FN2O2/c1-3-18-6-7-19-13(9-18)10-20-15-5-4-12(11(2)17)8-14(15)16/h4-5,8,11,13H,3,6-7,9-10,17H2,1-2H3. The van der Waals surface area contributed by atoms with Crippen molar-refractivity contribution in [1.82, 2.24) is 4.90 Å². The number of morpholine rings is 1. The van der Waals surface area contributed by atoms with Crippen LogP contribution in [0.2, 0.25) is 0 Å². The van der Waals surface area contributed by atoms with Crippen molar-refractivity contribution in [2.24, 2.45) is 5.73 Å². The van der Waals surface area contributed by atoms with E-state index in [1.54, 1.807) is 12.1 Å². The van der Waals surface area contributed by atoms with Gasteiger partial charge in [-0.1, -0.05) is 13.0 Å². The van der Waals surface area contributed by atoms with Crippen molar-refractivity contribution in [1.29, 1.82) is 0 Å². The first-order chi connectivity index (χ1) is 9.60. The Hall–Kier alpha value is -1.17. The average molecular weight is 282 g/mol. The maximum absolute atomic E-state index is 13.9. The van der Waals surface area contributed by atoms with E-state index in [-0.39, 0.29) is 23.7 Å². The molecule has 20 heavy (non-hydrogen) atoms. The number of nitrogens with two attached hydrogens (primary N) is 1. The highest BCUT2D eigenvalue weighted by Crippen LogP contribution is 2.21. The Morgan fingerprint density at radius 2 is 2.35 bits per heavy atom. The number of hydrogen-bond acceptors (Lipinski definition) is 4. The molecule has 0 amide bonds. The van der Waals surface area contributed by atoms with Crippen molar-refractivity contribution < 1.29 is 13.9 Å². The fourth-order valence-corrected chi connectivity index (χ4v) is 2.27. The lowest BCUT2D eigenvalue weighted by Gasteiger charge is -2.31. The van der Waals surface area contributed by atoms with E-state index in [2.05, 4.69) is 11.8 Å². The molecule has 1 aromatic carbocycles. The number of likely N-dealkylation sites (N-methyl/N-ethyl adjacent to an activating group) is 1. The zero-order valence-electron chi connectivity index (χ0n) is 12.1. The molecule has 4 nitrogen and oxygen atoms in total. The Balaban J connectivity index is 1.90. The summed E-state index contributed by atoms with van der Waals surface area (Å²) >= 11 is 0. The van der Waals surface area contributed by atoms with Gasteiger partial charge in [0.05, 0.1) is 6.61 Å². The van der Waals surface area contributed by atoms with Gasteiger partial charge in [-0.25, -0.2) is 4.39 Å². The molecule has 112 valence electrons. The first-order valence-electron chi connectivity index (χ1n) is 7.12. The van der Waals surface area contributed by atoms with Gasteiger partial charge in [0, 0.05) is 19.1 Å². The fourth-order valence-electron chi connectivity index (χ4n) is 2.27. The number of hydrogen-bond donors (Lipinski definition) is 1. The third-order valence-electron chi connectivity index (χ3n) is 3.58. The average Bonchev–Trinajstić information content (AvgIpc) is 2.46. The molecule has 0 radical (unpaired) electrons. The van der Waals surface area contributed by atoms with E-state index in [1.165, 1.54) is 6.07 Å². The largest absolute Gasteiger partial charge is 0.488 e. The van der Waals surface area contributed by atoms with E-state index < -0.39 is 0 Å². The van der Waals surface area contributed by atoms with Crippen molar-refractivity contribution in [3.05, 3.63) is 29.6 Å². The summed E-state index contributed by atoms with van der Waals surface area (Å²) in [7, 11) is 0. The predicted molar refractivity (Wildman–Crippen MR) is 76.4 cm³/mol. The number of halogens is 1. The Kier molecular flexibility index (Phi) is 5.34. The molecule has 2 N–H and O–H groups in total. The van der Waals surface area contributed by atoms with Gasteiger partial charge in [0.25, 0.3) is 0 Å². The van der Waals surface area contributed by atoms with E-state index in [9.17, 15) is 4.39 Å². The summed E-state index contributed by atoms with van der Waals surface area (Å²) < 4.78 is 25.0. The van der Waals surface area contributed by atoms with E-state index in [1.807, 2.05) is 6.92 Å². The normalized spacial score (nSPS) is 21.7. The molecule has 5 heteroatoms. The van der Waals surface area contributed by atoms with Gasteiger partial charge in [-0.05, 0) is 31.2 Å². The van der Waals surface area contributed by atoms with Crippen LogP contribution in [0.3, 0.4) is 0 Å². The van der Waals surface area contributed by atoms with Crippen molar-refractivity contribution in [3.63, 3.8) is 0 Å². The van der Waals surface area contributed by atoms with E-state index >= 15 is 0 Å². The Morgan fingerprint density at radius 1 is 1.55 bits per heavy atom. The van der Waals surface area contributed by atoms with Crippen LogP contribution < -0.4 is 10.5 Å². The Bertz CT molecular complexity index is 440. The second kappa shape index (κ2) is 7.02. The molecule has 1 aliphatic rings. The number of rotatable bonds is 5. The van der Waals surface area contributed by atoms with Gasteiger partial charge in [0.15, 0.2) is 11.6 Å². The van der Waals surface area contributed by atoms with E-state index in [4.69, 9.17) is 15.2 Å². The van der Waals surface area contributed by atoms with Crippen LogP contribution in [0.1, 0.15) is 25.5 Å². The molecule has 2 rings (SSSR count). The van der Waals surface area contributed by atoms with Crippen LogP contribution >= 0.6 is 0 Å². The van der Waals surface area contributed by atoms with Crippen molar-refractivity contribution in [2.45, 2.75) is 26.0 Å². The minimum absolute atomic E-state index is 0.00351. The van der Waals surface area contributed by atoms with Gasteiger partial charge in [-0.3, -0.25) is 4.90 Å². The van der Waals surface area contributed by atoms with Gasteiger partial charge in [-0.15, -0.1) is 0 Å². The van der Waals surface area contributed by atoms with Crippen LogP contribution in [0.15, 0.2) is 18.2 Å². The second-order valence-corrected chi connectivity index (χ2v) is 5.18. The van der Waals surface area contributed by atoms with Gasteiger partial charge in [0.2, 0.25) is 0 Å². The molecular formula is C15H23FN2O2. The zero-order chi connectivity index (χ0) is 14.5. The maximum Gasteiger partial charge on any atom is 0.165 e. The lowest BCUT2D eigenvalue weighted by atomic mass is 10.1. The lowest BCUT2D eigenvalue weighted by Crippen LogP contribution is -2.44. The summed E-state index contributed by atoms with van der Waals surface area (Å²) in [5.74, 6) is -0.116. The Labute approximate surface area is 119 Å². The van der Waals surface area contributed by atoms with Crippen LogP contribution in [0.5, 0.6) is 5.75 Å². The maximum atomic E-state index is 13.9. The topological polar surface area (TPSA) is 47.7 Å². The molecule has 2 unspecified atom stereocenters. The smallest absolute Gasteiger partial charge is 0.165 e. The second-order valence-electron chi connectivity index (χ2n) is 5.18. The third-order valence-corrected chi connectivity index (χ3v) is 3.58. The first kappa shape index (κ1) is 15.2. The molecule has 0 aliphatic carbocycles. The number of ether oxygens (including phenoxy) is 2. The highest BCUT2D eigenvalue weighted by atomic mass is 19.1. The third kappa shape index (κ3) is 3.91. The molecule has 1 heterocycles. The van der Waals surface area contributed by atoms with E-state index in [0.29, 0.717) is 13.2 Å². The summed E-state index contributed by atoms with van der Waals surface area (Å²) in [6.07, 6.45) is -0.00351.